The second-order valence-electron chi connectivity index (χ2n) is 15.8. The molecule has 52 heavy (non-hydrogen) atoms. The summed E-state index contributed by atoms with van der Waals surface area (Å²) in [6.07, 6.45) is 13.4. The Kier molecular flexibility index (Phi) is 8.70. The molecule has 6 aromatic rings. The highest BCUT2D eigenvalue weighted by Crippen LogP contribution is 2.54. The minimum Gasteiger partial charge on any atom is -0.310 e. The van der Waals surface area contributed by atoms with Gasteiger partial charge in [0.15, 0.2) is 17.5 Å². The second-order valence-corrected chi connectivity index (χ2v) is 15.8. The van der Waals surface area contributed by atoms with E-state index in [1.165, 1.54) is 97.8 Å². The van der Waals surface area contributed by atoms with Crippen LogP contribution in [-0.4, -0.2) is 15.0 Å². The number of rotatable bonds is 6. The number of benzene rings is 5. The van der Waals surface area contributed by atoms with E-state index in [4.69, 9.17) is 15.0 Å². The third-order valence-electron chi connectivity index (χ3n) is 12.1. The van der Waals surface area contributed by atoms with Crippen molar-refractivity contribution < 1.29 is 0 Å². The molecule has 0 N–H and O–H groups in total. The van der Waals surface area contributed by atoms with Crippen LogP contribution in [0.2, 0.25) is 0 Å². The Morgan fingerprint density at radius 2 is 0.865 bits per heavy atom. The van der Waals surface area contributed by atoms with Crippen LogP contribution in [0.1, 0.15) is 112 Å². The van der Waals surface area contributed by atoms with Gasteiger partial charge in [-0.2, -0.15) is 0 Å². The van der Waals surface area contributed by atoms with E-state index < -0.39 is 0 Å². The van der Waals surface area contributed by atoms with Gasteiger partial charge in [-0.25, -0.2) is 15.0 Å². The lowest BCUT2D eigenvalue weighted by molar-refractivity contribution is 0.442. The normalized spacial score (nSPS) is 17.4. The summed E-state index contributed by atoms with van der Waals surface area (Å²) in [6.45, 7) is 4.91. The maximum atomic E-state index is 5.00. The van der Waals surface area contributed by atoms with E-state index in [2.05, 4.69) is 104 Å². The highest BCUT2D eigenvalue weighted by Gasteiger charge is 2.38. The van der Waals surface area contributed by atoms with Gasteiger partial charge in [-0.15, -0.1) is 0 Å². The fourth-order valence-corrected chi connectivity index (χ4v) is 9.13. The Bertz CT molecular complexity index is 2050. The summed E-state index contributed by atoms with van der Waals surface area (Å²) < 4.78 is 0. The van der Waals surface area contributed by atoms with Crippen LogP contribution in [0.5, 0.6) is 0 Å². The summed E-state index contributed by atoms with van der Waals surface area (Å²) in [7, 11) is 0. The molecule has 0 saturated heterocycles. The molecule has 0 unspecified atom stereocenters. The van der Waals surface area contributed by atoms with Crippen molar-refractivity contribution in [1.82, 2.24) is 15.0 Å². The minimum absolute atomic E-state index is 0.108. The van der Waals surface area contributed by atoms with Crippen LogP contribution in [0.15, 0.2) is 121 Å². The van der Waals surface area contributed by atoms with Crippen molar-refractivity contribution in [2.75, 3.05) is 4.90 Å². The van der Waals surface area contributed by atoms with Crippen LogP contribution >= 0.6 is 0 Å². The molecule has 9 rings (SSSR count). The Morgan fingerprint density at radius 1 is 0.462 bits per heavy atom. The molecule has 2 aliphatic carbocycles. The molecule has 3 aliphatic rings. The molecule has 1 aliphatic heterocycles. The number of fused-ring (bicyclic) bond motifs is 2. The molecule has 0 radical (unpaired) electrons. The fraction of sp³-hybridized carbons (Fsp3) is 0.312. The summed E-state index contributed by atoms with van der Waals surface area (Å²) in [5.41, 5.74) is 12.4. The van der Waals surface area contributed by atoms with Gasteiger partial charge in [0, 0.05) is 27.8 Å². The second kappa shape index (κ2) is 13.8. The van der Waals surface area contributed by atoms with Gasteiger partial charge in [0.1, 0.15) is 0 Å². The summed E-state index contributed by atoms with van der Waals surface area (Å²) in [4.78, 5) is 17.4. The largest absolute Gasteiger partial charge is 0.310 e. The molecule has 2 heterocycles. The number of hydrogen-bond donors (Lipinski definition) is 0. The molecule has 0 spiro atoms. The number of nitrogens with zero attached hydrogens (tertiary/aromatic N) is 4. The fourth-order valence-electron chi connectivity index (χ4n) is 9.13. The molecular weight excluding hydrogens is 633 g/mol. The van der Waals surface area contributed by atoms with Crippen molar-refractivity contribution in [1.29, 1.82) is 0 Å². The lowest BCUT2D eigenvalue weighted by Crippen LogP contribution is -2.31. The average molecular weight is 681 g/mol. The molecule has 0 bridgehead atoms. The van der Waals surface area contributed by atoms with Crippen molar-refractivity contribution in [3.8, 4) is 34.2 Å². The first-order chi connectivity index (χ1) is 25.5. The van der Waals surface area contributed by atoms with Crippen LogP contribution in [0.4, 0.5) is 17.1 Å². The van der Waals surface area contributed by atoms with Gasteiger partial charge in [0.25, 0.3) is 0 Å². The van der Waals surface area contributed by atoms with Gasteiger partial charge >= 0.3 is 0 Å². The quantitative estimate of drug-likeness (QED) is 0.176. The monoisotopic (exact) mass is 680 g/mol. The summed E-state index contributed by atoms with van der Waals surface area (Å²) in [5, 5.41) is 0. The van der Waals surface area contributed by atoms with Crippen LogP contribution in [0, 0.1) is 0 Å². The Balaban J connectivity index is 1.14. The molecule has 0 atom stereocenters. The van der Waals surface area contributed by atoms with E-state index in [9.17, 15) is 0 Å². The lowest BCUT2D eigenvalue weighted by Gasteiger charge is -2.43. The van der Waals surface area contributed by atoms with Crippen molar-refractivity contribution in [3.63, 3.8) is 0 Å². The van der Waals surface area contributed by atoms with Crippen LogP contribution in [0.25, 0.3) is 34.2 Å². The standard InChI is InChI=1S/C48H48N4/c1-48(2)41-31-38(33-15-7-3-8-16-33)25-29-43(41)52(44-30-26-39(32-42(44)48)34-17-9-4-10-18-34)40-27-23-37(24-28-40)47-50-45(35-19-11-5-12-20-35)49-46(51-47)36-21-13-6-14-22-36/h5-6,11-14,19-34H,3-4,7-10,15-18H2,1-2H3. The van der Waals surface area contributed by atoms with Gasteiger partial charge in [-0.05, 0) is 96.2 Å². The molecule has 2 fully saturated rings. The number of aromatic nitrogens is 3. The van der Waals surface area contributed by atoms with E-state index in [-0.39, 0.29) is 5.41 Å². The zero-order chi connectivity index (χ0) is 35.1. The highest BCUT2D eigenvalue weighted by molar-refractivity contribution is 5.87. The maximum absolute atomic E-state index is 5.00. The van der Waals surface area contributed by atoms with Crippen molar-refractivity contribution in [2.24, 2.45) is 0 Å². The predicted octanol–water partition coefficient (Wildman–Crippen LogP) is 13.1. The van der Waals surface area contributed by atoms with Crippen LogP contribution < -0.4 is 4.90 Å². The van der Waals surface area contributed by atoms with E-state index in [0.29, 0.717) is 29.3 Å². The van der Waals surface area contributed by atoms with Gasteiger partial charge in [0.05, 0.1) is 11.4 Å². The predicted molar refractivity (Wildman–Crippen MR) is 215 cm³/mol. The molecule has 260 valence electrons. The maximum Gasteiger partial charge on any atom is 0.164 e. The van der Waals surface area contributed by atoms with E-state index in [1.807, 2.05) is 36.4 Å². The van der Waals surface area contributed by atoms with E-state index >= 15 is 0 Å². The van der Waals surface area contributed by atoms with Crippen LogP contribution in [-0.2, 0) is 5.41 Å². The SMILES string of the molecule is CC1(C)c2cc(C3CCCCC3)ccc2N(c2ccc(-c3nc(-c4ccccc4)nc(-c4ccccc4)n3)cc2)c2ccc(C3CCCCC3)cc21. The molecular formula is C48H48N4. The van der Waals surface area contributed by atoms with E-state index in [0.717, 1.165) is 22.4 Å². The molecule has 2 saturated carbocycles. The molecule has 0 amide bonds. The van der Waals surface area contributed by atoms with Gasteiger partial charge in [0.2, 0.25) is 0 Å². The molecule has 5 aromatic carbocycles. The minimum atomic E-state index is -0.108. The Morgan fingerprint density at radius 3 is 1.29 bits per heavy atom. The Labute approximate surface area is 309 Å². The summed E-state index contributed by atoms with van der Waals surface area (Å²) in [5.74, 6) is 3.36. The molecule has 4 nitrogen and oxygen atoms in total. The lowest BCUT2D eigenvalue weighted by atomic mass is 9.70. The van der Waals surface area contributed by atoms with Crippen LogP contribution in [0.3, 0.4) is 0 Å². The third kappa shape index (κ3) is 6.12. The van der Waals surface area contributed by atoms with Crippen molar-refractivity contribution in [2.45, 2.75) is 95.3 Å². The highest BCUT2D eigenvalue weighted by atomic mass is 15.2. The first kappa shape index (κ1) is 32.8. The Hall–Kier alpha value is -5.09. The summed E-state index contributed by atoms with van der Waals surface area (Å²) >= 11 is 0. The average Bonchev–Trinajstić information content (AvgIpc) is 3.22. The molecule has 4 heteroatoms. The summed E-state index contributed by atoms with van der Waals surface area (Å²) in [6, 6.07) is 44.1. The first-order valence-corrected chi connectivity index (χ1v) is 19.6. The third-order valence-corrected chi connectivity index (χ3v) is 12.1. The zero-order valence-electron chi connectivity index (χ0n) is 30.6. The van der Waals surface area contributed by atoms with E-state index in [1.54, 1.807) is 0 Å². The number of hydrogen-bond acceptors (Lipinski definition) is 4. The zero-order valence-corrected chi connectivity index (χ0v) is 30.6. The van der Waals surface area contributed by atoms with Gasteiger partial charge in [-0.1, -0.05) is 137 Å². The topological polar surface area (TPSA) is 41.9 Å². The molecule has 1 aromatic heterocycles. The number of anilines is 3. The smallest absolute Gasteiger partial charge is 0.164 e. The van der Waals surface area contributed by atoms with Crippen molar-refractivity contribution >= 4 is 17.1 Å². The van der Waals surface area contributed by atoms with Gasteiger partial charge < -0.3 is 4.90 Å². The first-order valence-electron chi connectivity index (χ1n) is 19.6. The van der Waals surface area contributed by atoms with Gasteiger partial charge in [-0.3, -0.25) is 0 Å². The van der Waals surface area contributed by atoms with Crippen molar-refractivity contribution in [3.05, 3.63) is 144 Å².